The second-order valence-corrected chi connectivity index (χ2v) is 2.50. The molecule has 0 atom stereocenters. The van der Waals surface area contributed by atoms with E-state index < -0.39 is 11.7 Å². The molecule has 1 aromatic carbocycles. The van der Waals surface area contributed by atoms with Crippen LogP contribution >= 0.6 is 0 Å². The van der Waals surface area contributed by atoms with Crippen LogP contribution in [0, 0.1) is 0 Å². The van der Waals surface area contributed by atoms with Crippen LogP contribution in [0.15, 0.2) is 12.1 Å². The van der Waals surface area contributed by atoms with Gasteiger partial charge in [0.25, 0.3) is 0 Å². The second-order valence-electron chi connectivity index (χ2n) is 2.50. The standard InChI is InChI=1S/C9H10O5.K.H/c1-13-6-4-3-5(9(11)12)7(10)8(6)14-2;;/h3-4,10H,1-2H3,(H,11,12);;. The number of ether oxygens (including phenoxy) is 2. The fraction of sp³-hybridized carbons (Fsp3) is 0.222. The molecule has 0 saturated carbocycles. The number of benzene rings is 1. The molecule has 0 amide bonds. The molecule has 0 fully saturated rings. The first-order valence-corrected chi connectivity index (χ1v) is 3.79. The van der Waals surface area contributed by atoms with Gasteiger partial charge in [-0.15, -0.1) is 0 Å². The molecule has 0 bridgehead atoms. The number of aromatic hydroxyl groups is 1. The Morgan fingerprint density at radius 2 is 1.87 bits per heavy atom. The van der Waals surface area contributed by atoms with Gasteiger partial charge in [-0.2, -0.15) is 0 Å². The van der Waals surface area contributed by atoms with E-state index >= 15 is 0 Å². The molecule has 0 aliphatic carbocycles. The monoisotopic (exact) mass is 238 g/mol. The zero-order chi connectivity index (χ0) is 10.7. The van der Waals surface area contributed by atoms with Gasteiger partial charge in [-0.3, -0.25) is 0 Å². The van der Waals surface area contributed by atoms with Gasteiger partial charge in [-0.05, 0) is 12.1 Å². The van der Waals surface area contributed by atoms with E-state index in [9.17, 15) is 9.90 Å². The summed E-state index contributed by atoms with van der Waals surface area (Å²) in [4.78, 5) is 10.6. The summed E-state index contributed by atoms with van der Waals surface area (Å²) in [5.74, 6) is -1.34. The Morgan fingerprint density at radius 1 is 1.27 bits per heavy atom. The second kappa shape index (κ2) is 6.34. The molecule has 0 unspecified atom stereocenters. The molecule has 0 heterocycles. The van der Waals surface area contributed by atoms with Gasteiger partial charge in [0, 0.05) is 0 Å². The van der Waals surface area contributed by atoms with Crippen LogP contribution in [0.4, 0.5) is 0 Å². The number of hydrogen-bond acceptors (Lipinski definition) is 4. The molecule has 0 aliphatic heterocycles. The summed E-state index contributed by atoms with van der Waals surface area (Å²) in [6, 6.07) is 2.67. The molecule has 0 radical (unpaired) electrons. The van der Waals surface area contributed by atoms with Crippen LogP contribution in [-0.4, -0.2) is 81.8 Å². The summed E-state index contributed by atoms with van der Waals surface area (Å²) >= 11 is 0. The van der Waals surface area contributed by atoms with E-state index in [4.69, 9.17) is 14.6 Å². The number of carbonyl (C=O) groups is 1. The number of carboxylic acid groups (broad SMARTS) is 1. The molecule has 78 valence electrons. The van der Waals surface area contributed by atoms with Crippen molar-refractivity contribution in [1.82, 2.24) is 0 Å². The van der Waals surface area contributed by atoms with Gasteiger partial charge >= 0.3 is 57.4 Å². The first-order valence-electron chi connectivity index (χ1n) is 3.79. The molecule has 0 saturated heterocycles. The summed E-state index contributed by atoms with van der Waals surface area (Å²) < 4.78 is 9.69. The van der Waals surface area contributed by atoms with Crippen molar-refractivity contribution in [3.8, 4) is 17.2 Å². The topological polar surface area (TPSA) is 76.0 Å². The molecule has 15 heavy (non-hydrogen) atoms. The Labute approximate surface area is 129 Å². The van der Waals surface area contributed by atoms with E-state index in [1.54, 1.807) is 0 Å². The summed E-state index contributed by atoms with van der Waals surface area (Å²) in [6.45, 7) is 0. The van der Waals surface area contributed by atoms with Crippen LogP contribution in [0.3, 0.4) is 0 Å². The van der Waals surface area contributed by atoms with Gasteiger partial charge in [-0.1, -0.05) is 0 Å². The maximum atomic E-state index is 10.6. The maximum absolute atomic E-state index is 10.6. The minimum absolute atomic E-state index is 0. The van der Waals surface area contributed by atoms with Gasteiger partial charge in [-0.25, -0.2) is 4.79 Å². The van der Waals surface area contributed by atoms with E-state index in [1.165, 1.54) is 26.4 Å². The summed E-state index contributed by atoms with van der Waals surface area (Å²) in [5, 5.41) is 18.2. The molecular formula is C9H11KO5. The predicted octanol–water partition coefficient (Wildman–Crippen LogP) is 0.459. The van der Waals surface area contributed by atoms with E-state index in [-0.39, 0.29) is 68.4 Å². The van der Waals surface area contributed by atoms with Crippen LogP contribution in [0.25, 0.3) is 0 Å². The van der Waals surface area contributed by atoms with Crippen molar-refractivity contribution in [2.24, 2.45) is 0 Å². The van der Waals surface area contributed by atoms with Crippen molar-refractivity contribution in [1.29, 1.82) is 0 Å². The average molecular weight is 238 g/mol. The van der Waals surface area contributed by atoms with Gasteiger partial charge in [0.1, 0.15) is 5.56 Å². The first kappa shape index (κ1) is 14.7. The van der Waals surface area contributed by atoms with Gasteiger partial charge in [0.15, 0.2) is 11.5 Å². The molecule has 5 nitrogen and oxygen atoms in total. The number of methoxy groups -OCH3 is 2. The van der Waals surface area contributed by atoms with Gasteiger partial charge in [0.2, 0.25) is 5.75 Å². The first-order chi connectivity index (χ1) is 6.61. The quantitative estimate of drug-likeness (QED) is 0.748. The van der Waals surface area contributed by atoms with E-state index in [1.807, 2.05) is 0 Å². The number of phenols is 1. The normalized spacial score (nSPS) is 8.93. The van der Waals surface area contributed by atoms with Crippen molar-refractivity contribution < 1.29 is 24.5 Å². The number of rotatable bonds is 3. The van der Waals surface area contributed by atoms with E-state index in [0.717, 1.165) is 0 Å². The molecule has 1 aromatic rings. The number of carboxylic acids is 1. The van der Waals surface area contributed by atoms with Gasteiger partial charge < -0.3 is 19.7 Å². The third-order valence-corrected chi connectivity index (χ3v) is 1.75. The van der Waals surface area contributed by atoms with E-state index in [2.05, 4.69) is 0 Å². The minimum atomic E-state index is -1.22. The zero-order valence-electron chi connectivity index (χ0n) is 7.77. The summed E-state index contributed by atoms with van der Waals surface area (Å²) in [6.07, 6.45) is 0. The zero-order valence-corrected chi connectivity index (χ0v) is 7.77. The fourth-order valence-corrected chi connectivity index (χ4v) is 1.08. The summed E-state index contributed by atoms with van der Waals surface area (Å²) in [5.41, 5.74) is -0.220. The Hall–Kier alpha value is -0.274. The molecule has 6 heteroatoms. The van der Waals surface area contributed by atoms with Crippen LogP contribution < -0.4 is 9.47 Å². The van der Waals surface area contributed by atoms with Crippen LogP contribution in [0.5, 0.6) is 17.2 Å². The average Bonchev–Trinajstić information content (AvgIpc) is 2.16. The fourth-order valence-electron chi connectivity index (χ4n) is 1.08. The van der Waals surface area contributed by atoms with Crippen molar-refractivity contribution in [2.75, 3.05) is 14.2 Å². The molecule has 0 aliphatic rings. The van der Waals surface area contributed by atoms with Crippen molar-refractivity contribution in [3.63, 3.8) is 0 Å². The van der Waals surface area contributed by atoms with Gasteiger partial charge in [0.05, 0.1) is 14.2 Å². The third kappa shape index (κ3) is 3.09. The Balaban J connectivity index is 0.00000196. The Kier molecular flexibility index (Phi) is 6.22. The third-order valence-electron chi connectivity index (χ3n) is 1.75. The molecule has 0 aromatic heterocycles. The van der Waals surface area contributed by atoms with Crippen LogP contribution in [0.2, 0.25) is 0 Å². The van der Waals surface area contributed by atoms with E-state index in [0.29, 0.717) is 0 Å². The molecule has 0 spiro atoms. The Morgan fingerprint density at radius 3 is 2.27 bits per heavy atom. The number of hydrogen-bond donors (Lipinski definition) is 2. The van der Waals surface area contributed by atoms with Crippen molar-refractivity contribution in [3.05, 3.63) is 17.7 Å². The molecular weight excluding hydrogens is 227 g/mol. The van der Waals surface area contributed by atoms with Crippen molar-refractivity contribution in [2.45, 2.75) is 0 Å². The summed E-state index contributed by atoms with van der Waals surface area (Å²) in [7, 11) is 2.72. The Bertz CT molecular complexity index is 364. The number of aromatic carboxylic acids is 1. The van der Waals surface area contributed by atoms with Crippen molar-refractivity contribution >= 4 is 57.4 Å². The predicted molar refractivity (Wildman–Crippen MR) is 55.3 cm³/mol. The van der Waals surface area contributed by atoms with Crippen LogP contribution in [-0.2, 0) is 0 Å². The molecule has 2 N–H and O–H groups in total. The molecule has 1 rings (SSSR count). The van der Waals surface area contributed by atoms with Crippen LogP contribution in [0.1, 0.15) is 10.4 Å². The SMILES string of the molecule is COc1ccc(C(=O)O)c(O)c1OC.[KH].